The van der Waals surface area contributed by atoms with Crippen LogP contribution < -0.4 is 5.32 Å². The number of ether oxygens (including phenoxy) is 1. The predicted molar refractivity (Wildman–Crippen MR) is 83.1 cm³/mol. The third-order valence-electron chi connectivity index (χ3n) is 5.58. The number of hydrogen-bond donors (Lipinski definition) is 1. The van der Waals surface area contributed by atoms with Gasteiger partial charge in [-0.15, -0.1) is 0 Å². The Labute approximate surface area is 128 Å². The van der Waals surface area contributed by atoms with Crippen molar-refractivity contribution < 1.29 is 9.53 Å². The molecule has 0 radical (unpaired) electrons. The first-order valence-corrected chi connectivity index (χ1v) is 8.95. The van der Waals surface area contributed by atoms with Crippen molar-refractivity contribution >= 4 is 5.91 Å². The van der Waals surface area contributed by atoms with Crippen molar-refractivity contribution in [2.75, 3.05) is 32.8 Å². The van der Waals surface area contributed by atoms with Gasteiger partial charge in [0.15, 0.2) is 0 Å². The topological polar surface area (TPSA) is 41.6 Å². The summed E-state index contributed by atoms with van der Waals surface area (Å²) in [5, 5.41) is 3.46. The SMILES string of the molecule is O=C(C1CCOCC1)N1CCCCC[C@H]1C1CCNCC1. The summed E-state index contributed by atoms with van der Waals surface area (Å²) in [4.78, 5) is 15.3. The van der Waals surface area contributed by atoms with Gasteiger partial charge in [-0.3, -0.25) is 4.79 Å². The van der Waals surface area contributed by atoms with Crippen molar-refractivity contribution in [2.24, 2.45) is 11.8 Å². The molecule has 0 saturated carbocycles. The first kappa shape index (κ1) is 15.3. The van der Waals surface area contributed by atoms with Gasteiger partial charge in [-0.1, -0.05) is 12.8 Å². The lowest BCUT2D eigenvalue weighted by atomic mass is 9.86. The van der Waals surface area contributed by atoms with Crippen LogP contribution in [0.3, 0.4) is 0 Å². The molecule has 4 heteroatoms. The minimum atomic E-state index is 0.223. The summed E-state index contributed by atoms with van der Waals surface area (Å²) in [6.07, 6.45) is 9.33. The Morgan fingerprint density at radius 3 is 2.48 bits per heavy atom. The predicted octanol–water partition coefficient (Wildman–Crippen LogP) is 2.18. The maximum Gasteiger partial charge on any atom is 0.226 e. The van der Waals surface area contributed by atoms with E-state index in [-0.39, 0.29) is 5.92 Å². The lowest BCUT2D eigenvalue weighted by molar-refractivity contribution is -0.142. The minimum absolute atomic E-state index is 0.223. The Kier molecular flexibility index (Phi) is 5.53. The third kappa shape index (κ3) is 3.78. The van der Waals surface area contributed by atoms with Crippen molar-refractivity contribution in [2.45, 2.75) is 57.4 Å². The van der Waals surface area contributed by atoms with Crippen LogP contribution in [0.1, 0.15) is 51.4 Å². The molecule has 0 aliphatic carbocycles. The van der Waals surface area contributed by atoms with E-state index < -0.39 is 0 Å². The number of nitrogens with zero attached hydrogens (tertiary/aromatic N) is 1. The van der Waals surface area contributed by atoms with Crippen LogP contribution in [0.4, 0.5) is 0 Å². The highest BCUT2D eigenvalue weighted by Gasteiger charge is 2.35. The monoisotopic (exact) mass is 294 g/mol. The van der Waals surface area contributed by atoms with Crippen molar-refractivity contribution in [3.05, 3.63) is 0 Å². The van der Waals surface area contributed by atoms with Crippen molar-refractivity contribution in [3.63, 3.8) is 0 Å². The van der Waals surface area contributed by atoms with Crippen molar-refractivity contribution in [1.82, 2.24) is 10.2 Å². The number of rotatable bonds is 2. The molecule has 3 fully saturated rings. The molecule has 0 bridgehead atoms. The molecule has 0 aromatic carbocycles. The van der Waals surface area contributed by atoms with E-state index in [1.165, 1.54) is 38.5 Å². The molecule has 0 aromatic rings. The van der Waals surface area contributed by atoms with E-state index in [9.17, 15) is 4.79 Å². The largest absolute Gasteiger partial charge is 0.381 e. The zero-order chi connectivity index (χ0) is 14.5. The average Bonchev–Trinajstić information content (AvgIpc) is 2.81. The first-order valence-electron chi connectivity index (χ1n) is 8.95. The van der Waals surface area contributed by atoms with Gasteiger partial charge in [-0.25, -0.2) is 0 Å². The number of amides is 1. The Bertz CT molecular complexity index is 336. The van der Waals surface area contributed by atoms with Gasteiger partial charge >= 0.3 is 0 Å². The smallest absolute Gasteiger partial charge is 0.226 e. The minimum Gasteiger partial charge on any atom is -0.381 e. The normalized spacial score (nSPS) is 30.1. The van der Waals surface area contributed by atoms with E-state index in [0.29, 0.717) is 17.9 Å². The summed E-state index contributed by atoms with van der Waals surface area (Å²) >= 11 is 0. The Balaban J connectivity index is 1.69. The highest BCUT2D eigenvalue weighted by atomic mass is 16.5. The summed E-state index contributed by atoms with van der Waals surface area (Å²) in [5.74, 6) is 1.37. The molecule has 4 nitrogen and oxygen atoms in total. The third-order valence-corrected chi connectivity index (χ3v) is 5.58. The molecule has 0 unspecified atom stereocenters. The van der Waals surface area contributed by atoms with Gasteiger partial charge in [0.25, 0.3) is 0 Å². The molecule has 3 heterocycles. The lowest BCUT2D eigenvalue weighted by Gasteiger charge is -2.40. The molecular weight excluding hydrogens is 264 g/mol. The Morgan fingerprint density at radius 2 is 1.71 bits per heavy atom. The van der Waals surface area contributed by atoms with Crippen LogP contribution in [0, 0.1) is 11.8 Å². The van der Waals surface area contributed by atoms with E-state index in [2.05, 4.69) is 10.2 Å². The van der Waals surface area contributed by atoms with Crippen LogP contribution in [-0.2, 0) is 9.53 Å². The van der Waals surface area contributed by atoms with Crippen molar-refractivity contribution in [3.8, 4) is 0 Å². The van der Waals surface area contributed by atoms with Gasteiger partial charge in [0, 0.05) is 31.7 Å². The fraction of sp³-hybridized carbons (Fsp3) is 0.941. The molecule has 0 spiro atoms. The molecule has 3 aliphatic rings. The molecule has 3 rings (SSSR count). The maximum absolute atomic E-state index is 13.0. The van der Waals surface area contributed by atoms with Crippen LogP contribution in [0.15, 0.2) is 0 Å². The van der Waals surface area contributed by atoms with Gasteiger partial charge in [-0.2, -0.15) is 0 Å². The number of likely N-dealkylation sites (tertiary alicyclic amines) is 1. The second kappa shape index (κ2) is 7.59. The summed E-state index contributed by atoms with van der Waals surface area (Å²) in [6.45, 7) is 4.77. The van der Waals surface area contributed by atoms with E-state index in [1.807, 2.05) is 0 Å². The van der Waals surface area contributed by atoms with E-state index >= 15 is 0 Å². The zero-order valence-corrected chi connectivity index (χ0v) is 13.2. The van der Waals surface area contributed by atoms with Gasteiger partial charge in [0.2, 0.25) is 5.91 Å². The Hall–Kier alpha value is -0.610. The van der Waals surface area contributed by atoms with Crippen LogP contribution >= 0.6 is 0 Å². The lowest BCUT2D eigenvalue weighted by Crippen LogP contribution is -2.49. The molecule has 3 saturated heterocycles. The number of carbonyl (C=O) groups excluding carboxylic acids is 1. The van der Waals surface area contributed by atoms with Crippen LogP contribution in [0.25, 0.3) is 0 Å². The van der Waals surface area contributed by atoms with Crippen LogP contribution in [-0.4, -0.2) is 49.7 Å². The fourth-order valence-electron chi connectivity index (χ4n) is 4.31. The molecule has 1 N–H and O–H groups in total. The van der Waals surface area contributed by atoms with E-state index in [1.54, 1.807) is 0 Å². The van der Waals surface area contributed by atoms with Gasteiger partial charge in [0.05, 0.1) is 0 Å². The summed E-state index contributed by atoms with van der Waals surface area (Å²) in [6, 6.07) is 0.505. The number of piperidine rings is 1. The molecule has 1 atom stereocenters. The van der Waals surface area contributed by atoms with Crippen LogP contribution in [0.2, 0.25) is 0 Å². The number of carbonyl (C=O) groups is 1. The van der Waals surface area contributed by atoms with E-state index in [0.717, 1.165) is 45.7 Å². The maximum atomic E-state index is 13.0. The summed E-state index contributed by atoms with van der Waals surface area (Å²) in [7, 11) is 0. The number of hydrogen-bond acceptors (Lipinski definition) is 3. The second-order valence-electron chi connectivity index (χ2n) is 6.92. The average molecular weight is 294 g/mol. The zero-order valence-electron chi connectivity index (χ0n) is 13.2. The molecule has 3 aliphatic heterocycles. The summed E-state index contributed by atoms with van der Waals surface area (Å²) in [5.41, 5.74) is 0. The molecule has 1 amide bonds. The summed E-state index contributed by atoms with van der Waals surface area (Å²) < 4.78 is 5.43. The van der Waals surface area contributed by atoms with Gasteiger partial charge in [-0.05, 0) is 57.5 Å². The molecule has 21 heavy (non-hydrogen) atoms. The second-order valence-corrected chi connectivity index (χ2v) is 6.92. The molecule has 120 valence electrons. The Morgan fingerprint density at radius 1 is 0.952 bits per heavy atom. The molecular formula is C17H30N2O2. The molecule has 0 aromatic heterocycles. The quantitative estimate of drug-likeness (QED) is 0.849. The fourth-order valence-corrected chi connectivity index (χ4v) is 4.31. The van der Waals surface area contributed by atoms with Crippen LogP contribution in [0.5, 0.6) is 0 Å². The van der Waals surface area contributed by atoms with Crippen molar-refractivity contribution in [1.29, 1.82) is 0 Å². The number of nitrogens with one attached hydrogen (secondary N) is 1. The van der Waals surface area contributed by atoms with E-state index in [4.69, 9.17) is 4.74 Å². The highest BCUT2D eigenvalue weighted by Crippen LogP contribution is 2.30. The van der Waals surface area contributed by atoms with Gasteiger partial charge < -0.3 is 15.0 Å². The first-order chi connectivity index (χ1) is 10.4. The standard InChI is InChI=1S/C17H30N2O2/c20-17(15-7-12-21-13-8-15)19-11-3-1-2-4-16(19)14-5-9-18-10-6-14/h14-16,18H,1-13H2/t16-/m0/s1. The van der Waals surface area contributed by atoms with Gasteiger partial charge in [0.1, 0.15) is 0 Å². The highest BCUT2D eigenvalue weighted by molar-refractivity contribution is 5.79.